The van der Waals surface area contributed by atoms with E-state index in [0.29, 0.717) is 0 Å². The zero-order valence-electron chi connectivity index (χ0n) is 11.6. The molecule has 21 heavy (non-hydrogen) atoms. The molecule has 0 saturated heterocycles. The second kappa shape index (κ2) is 4.64. The van der Waals surface area contributed by atoms with E-state index >= 15 is 0 Å². The van der Waals surface area contributed by atoms with Crippen LogP contribution in [0.15, 0.2) is 65.1 Å². The van der Waals surface area contributed by atoms with Gasteiger partial charge in [0.2, 0.25) is 0 Å². The van der Waals surface area contributed by atoms with Crippen molar-refractivity contribution in [1.82, 2.24) is 0 Å². The van der Waals surface area contributed by atoms with Gasteiger partial charge in [-0.1, -0.05) is 54.1 Å². The van der Waals surface area contributed by atoms with Crippen LogP contribution in [-0.4, -0.2) is 0 Å². The number of rotatable bonds is 1. The molecular formula is C19H13ClO. The molecule has 1 aromatic heterocycles. The van der Waals surface area contributed by atoms with Crippen LogP contribution in [0.3, 0.4) is 0 Å². The Hall–Kier alpha value is -2.25. The van der Waals surface area contributed by atoms with E-state index in [-0.39, 0.29) is 0 Å². The second-order valence-electron chi connectivity index (χ2n) is 5.24. The number of para-hydroxylation sites is 1. The van der Waals surface area contributed by atoms with Gasteiger partial charge in [-0.25, -0.2) is 0 Å². The standard InChI is InChI=1S/C19H13ClO/c1-12-6-11-15(13-7-9-14(20)10-8-13)18-16-4-2-3-5-17(16)21-19(12)18/h2-11H,1H3. The fraction of sp³-hybridized carbons (Fsp3) is 0.0526. The summed E-state index contributed by atoms with van der Waals surface area (Å²) in [5, 5.41) is 3.08. The number of halogens is 1. The summed E-state index contributed by atoms with van der Waals surface area (Å²) in [6, 6.07) is 20.4. The zero-order chi connectivity index (χ0) is 14.4. The van der Waals surface area contributed by atoms with E-state index in [1.54, 1.807) is 0 Å². The van der Waals surface area contributed by atoms with Crippen molar-refractivity contribution in [3.8, 4) is 11.1 Å². The van der Waals surface area contributed by atoms with Crippen LogP contribution in [0.5, 0.6) is 0 Å². The molecular weight excluding hydrogens is 280 g/mol. The molecule has 0 amide bonds. The van der Waals surface area contributed by atoms with E-state index in [1.165, 1.54) is 10.9 Å². The third-order valence-electron chi connectivity index (χ3n) is 3.88. The maximum Gasteiger partial charge on any atom is 0.138 e. The number of fused-ring (bicyclic) bond motifs is 3. The van der Waals surface area contributed by atoms with Crippen LogP contribution in [0.4, 0.5) is 0 Å². The molecule has 0 saturated carbocycles. The Morgan fingerprint density at radius 1 is 0.857 bits per heavy atom. The normalized spacial score (nSPS) is 11.3. The number of hydrogen-bond donors (Lipinski definition) is 0. The van der Waals surface area contributed by atoms with Crippen molar-refractivity contribution in [2.75, 3.05) is 0 Å². The number of benzene rings is 3. The lowest BCUT2D eigenvalue weighted by atomic mass is 9.98. The highest BCUT2D eigenvalue weighted by Crippen LogP contribution is 2.38. The topological polar surface area (TPSA) is 13.1 Å². The van der Waals surface area contributed by atoms with Gasteiger partial charge in [0.1, 0.15) is 11.2 Å². The predicted octanol–water partition coefficient (Wildman–Crippen LogP) is 6.21. The fourth-order valence-electron chi connectivity index (χ4n) is 2.83. The van der Waals surface area contributed by atoms with Gasteiger partial charge in [0.15, 0.2) is 0 Å². The first kappa shape index (κ1) is 12.5. The number of hydrogen-bond acceptors (Lipinski definition) is 1. The average molecular weight is 293 g/mol. The highest BCUT2D eigenvalue weighted by molar-refractivity contribution is 6.30. The summed E-state index contributed by atoms with van der Waals surface area (Å²) >= 11 is 6.00. The highest BCUT2D eigenvalue weighted by atomic mass is 35.5. The van der Waals surface area contributed by atoms with Crippen molar-refractivity contribution in [2.24, 2.45) is 0 Å². The van der Waals surface area contributed by atoms with Gasteiger partial charge in [0.25, 0.3) is 0 Å². The Bertz CT molecular complexity index is 949. The summed E-state index contributed by atoms with van der Waals surface area (Å²) in [6.07, 6.45) is 0. The van der Waals surface area contributed by atoms with Gasteiger partial charge in [-0.05, 0) is 41.8 Å². The largest absolute Gasteiger partial charge is 0.456 e. The first-order chi connectivity index (χ1) is 10.2. The Morgan fingerprint density at radius 3 is 2.43 bits per heavy atom. The van der Waals surface area contributed by atoms with E-state index in [4.69, 9.17) is 16.0 Å². The summed E-state index contributed by atoms with van der Waals surface area (Å²) in [6.45, 7) is 2.08. The number of aryl methyl sites for hydroxylation is 1. The third-order valence-corrected chi connectivity index (χ3v) is 4.13. The molecule has 1 nitrogen and oxygen atoms in total. The fourth-order valence-corrected chi connectivity index (χ4v) is 2.95. The summed E-state index contributed by atoms with van der Waals surface area (Å²) in [4.78, 5) is 0. The van der Waals surface area contributed by atoms with Gasteiger partial charge in [0, 0.05) is 15.8 Å². The quantitative estimate of drug-likeness (QED) is 0.406. The lowest BCUT2D eigenvalue weighted by Gasteiger charge is -2.05. The molecule has 2 heteroatoms. The van der Waals surface area contributed by atoms with Crippen LogP contribution in [0.1, 0.15) is 5.56 Å². The molecule has 0 fully saturated rings. The van der Waals surface area contributed by atoms with Crippen LogP contribution >= 0.6 is 11.6 Å². The van der Waals surface area contributed by atoms with Crippen molar-refractivity contribution in [2.45, 2.75) is 6.92 Å². The van der Waals surface area contributed by atoms with Crippen LogP contribution in [0.25, 0.3) is 33.1 Å². The minimum atomic E-state index is 0.749. The van der Waals surface area contributed by atoms with Crippen LogP contribution in [-0.2, 0) is 0 Å². The molecule has 0 bridgehead atoms. The van der Waals surface area contributed by atoms with Crippen molar-refractivity contribution in [3.63, 3.8) is 0 Å². The van der Waals surface area contributed by atoms with Crippen molar-refractivity contribution < 1.29 is 4.42 Å². The van der Waals surface area contributed by atoms with Gasteiger partial charge < -0.3 is 4.42 Å². The maximum atomic E-state index is 6.04. The van der Waals surface area contributed by atoms with Gasteiger partial charge >= 0.3 is 0 Å². The maximum absolute atomic E-state index is 6.04. The van der Waals surface area contributed by atoms with Gasteiger partial charge in [0.05, 0.1) is 0 Å². The zero-order valence-corrected chi connectivity index (χ0v) is 12.3. The average Bonchev–Trinajstić information content (AvgIpc) is 2.90. The van der Waals surface area contributed by atoms with Gasteiger partial charge in [-0.2, -0.15) is 0 Å². The summed E-state index contributed by atoms with van der Waals surface area (Å²) in [5.41, 5.74) is 5.37. The summed E-state index contributed by atoms with van der Waals surface area (Å²) < 4.78 is 6.04. The molecule has 0 N–H and O–H groups in total. The van der Waals surface area contributed by atoms with E-state index in [0.717, 1.165) is 32.7 Å². The van der Waals surface area contributed by atoms with Gasteiger partial charge in [-0.3, -0.25) is 0 Å². The molecule has 0 aliphatic rings. The number of furan rings is 1. The lowest BCUT2D eigenvalue weighted by Crippen LogP contribution is -1.82. The van der Waals surface area contributed by atoms with Crippen LogP contribution < -0.4 is 0 Å². The monoisotopic (exact) mass is 292 g/mol. The molecule has 0 aliphatic carbocycles. The molecule has 102 valence electrons. The SMILES string of the molecule is Cc1ccc(-c2ccc(Cl)cc2)c2c1oc1ccccc12. The smallest absolute Gasteiger partial charge is 0.138 e. The molecule has 4 rings (SSSR count). The molecule has 3 aromatic carbocycles. The Labute approximate surface area is 127 Å². The van der Waals surface area contributed by atoms with E-state index in [2.05, 4.69) is 25.1 Å². The molecule has 0 radical (unpaired) electrons. The minimum Gasteiger partial charge on any atom is -0.456 e. The summed E-state index contributed by atoms with van der Waals surface area (Å²) in [7, 11) is 0. The Kier molecular flexibility index (Phi) is 2.76. The van der Waals surface area contributed by atoms with Crippen molar-refractivity contribution >= 4 is 33.5 Å². The Balaban J connectivity index is 2.14. The first-order valence-electron chi connectivity index (χ1n) is 6.91. The lowest BCUT2D eigenvalue weighted by molar-refractivity contribution is 0.666. The molecule has 0 unspecified atom stereocenters. The Morgan fingerprint density at radius 2 is 1.62 bits per heavy atom. The minimum absolute atomic E-state index is 0.749. The van der Waals surface area contributed by atoms with Crippen LogP contribution in [0, 0.1) is 6.92 Å². The molecule has 4 aromatic rings. The molecule has 0 atom stereocenters. The summed E-state index contributed by atoms with van der Waals surface area (Å²) in [5.74, 6) is 0. The van der Waals surface area contributed by atoms with Gasteiger partial charge in [-0.15, -0.1) is 0 Å². The van der Waals surface area contributed by atoms with E-state index < -0.39 is 0 Å². The third kappa shape index (κ3) is 1.93. The first-order valence-corrected chi connectivity index (χ1v) is 7.28. The van der Waals surface area contributed by atoms with Crippen molar-refractivity contribution in [3.05, 3.63) is 71.2 Å². The highest BCUT2D eigenvalue weighted by Gasteiger charge is 2.13. The second-order valence-corrected chi connectivity index (χ2v) is 5.68. The molecule has 0 spiro atoms. The van der Waals surface area contributed by atoms with E-state index in [9.17, 15) is 0 Å². The predicted molar refractivity (Wildman–Crippen MR) is 88.9 cm³/mol. The van der Waals surface area contributed by atoms with E-state index in [1.807, 2.05) is 42.5 Å². The van der Waals surface area contributed by atoms with Crippen molar-refractivity contribution in [1.29, 1.82) is 0 Å². The van der Waals surface area contributed by atoms with Crippen LogP contribution in [0.2, 0.25) is 5.02 Å². The molecule has 1 heterocycles. The molecule has 0 aliphatic heterocycles.